The maximum Gasteiger partial charge on any atom is 0.496 e. The minimum absolute atomic E-state index is 0.188. The molecule has 2 aliphatic heterocycles. The van der Waals surface area contributed by atoms with Crippen molar-refractivity contribution >= 4 is 39.9 Å². The number of nitrogens with zero attached hydrogens (tertiary/aromatic N) is 1. The number of aryl methyl sites for hydroxylation is 2. The number of para-hydroxylation sites is 1. The number of benzene rings is 2. The summed E-state index contributed by atoms with van der Waals surface area (Å²) in [6, 6.07) is 10.7. The SMILES string of the molecule is Cc1cccc2c1N(S(=O)(=O)c1ccc(Cl)c(B3OC(C)(C)C(C)(C)O3)c1)CCC2. The van der Waals surface area contributed by atoms with Crippen molar-refractivity contribution in [1.29, 1.82) is 0 Å². The second-order valence-electron chi connectivity index (χ2n) is 9.03. The van der Waals surface area contributed by atoms with Crippen LogP contribution in [-0.4, -0.2) is 33.3 Å². The van der Waals surface area contributed by atoms with Gasteiger partial charge in [0.15, 0.2) is 0 Å². The third kappa shape index (κ3) is 3.46. The Hall–Kier alpha value is -1.54. The number of fused-ring (bicyclic) bond motifs is 1. The molecule has 0 unspecified atom stereocenters. The average molecular weight is 448 g/mol. The molecular formula is C22H27BClNO4S. The van der Waals surface area contributed by atoms with Gasteiger partial charge in [0.25, 0.3) is 10.0 Å². The molecule has 0 atom stereocenters. The van der Waals surface area contributed by atoms with Gasteiger partial charge < -0.3 is 9.31 Å². The first-order valence-electron chi connectivity index (χ1n) is 10.2. The monoisotopic (exact) mass is 447 g/mol. The summed E-state index contributed by atoms with van der Waals surface area (Å²) in [6.45, 7) is 10.2. The Morgan fingerprint density at radius 2 is 1.73 bits per heavy atom. The molecule has 0 aromatic heterocycles. The standard InChI is InChI=1S/C22H27BClNO4S/c1-15-8-6-9-16-10-7-13-25(20(15)16)30(26,27)17-11-12-19(24)18(14-17)23-28-21(2,3)22(4,5)29-23/h6,8-9,11-12,14H,7,10,13H2,1-5H3. The molecule has 2 aromatic rings. The van der Waals surface area contributed by atoms with Gasteiger partial charge in [0.05, 0.1) is 21.8 Å². The van der Waals surface area contributed by atoms with Crippen LogP contribution in [0.5, 0.6) is 0 Å². The lowest BCUT2D eigenvalue weighted by atomic mass is 9.79. The van der Waals surface area contributed by atoms with Gasteiger partial charge in [0, 0.05) is 17.0 Å². The van der Waals surface area contributed by atoms with Crippen molar-refractivity contribution in [3.05, 3.63) is 52.5 Å². The second-order valence-corrected chi connectivity index (χ2v) is 11.3. The van der Waals surface area contributed by atoms with Crippen molar-refractivity contribution in [2.75, 3.05) is 10.8 Å². The first-order chi connectivity index (χ1) is 13.9. The molecule has 0 saturated carbocycles. The molecule has 1 fully saturated rings. The van der Waals surface area contributed by atoms with E-state index >= 15 is 0 Å². The topological polar surface area (TPSA) is 55.8 Å². The van der Waals surface area contributed by atoms with E-state index in [9.17, 15) is 8.42 Å². The number of anilines is 1. The summed E-state index contributed by atoms with van der Waals surface area (Å²) in [5.74, 6) is 0. The Morgan fingerprint density at radius 3 is 2.40 bits per heavy atom. The average Bonchev–Trinajstić information content (AvgIpc) is 2.89. The molecule has 5 nitrogen and oxygen atoms in total. The third-order valence-electron chi connectivity index (χ3n) is 6.44. The minimum atomic E-state index is -3.76. The van der Waals surface area contributed by atoms with Gasteiger partial charge in [-0.15, -0.1) is 0 Å². The first-order valence-corrected chi connectivity index (χ1v) is 12.0. The Morgan fingerprint density at radius 1 is 1.07 bits per heavy atom. The summed E-state index contributed by atoms with van der Waals surface area (Å²) < 4.78 is 41.0. The number of hydrogen-bond donors (Lipinski definition) is 0. The molecule has 0 amide bonds. The lowest BCUT2D eigenvalue weighted by Gasteiger charge is -2.32. The highest BCUT2D eigenvalue weighted by Gasteiger charge is 2.52. The summed E-state index contributed by atoms with van der Waals surface area (Å²) in [5, 5.41) is 0.419. The first kappa shape index (κ1) is 21.7. The van der Waals surface area contributed by atoms with Gasteiger partial charge in [0.1, 0.15) is 0 Å². The van der Waals surface area contributed by atoms with E-state index in [4.69, 9.17) is 20.9 Å². The summed E-state index contributed by atoms with van der Waals surface area (Å²) in [5.41, 5.74) is 2.24. The van der Waals surface area contributed by atoms with Crippen LogP contribution in [-0.2, 0) is 25.8 Å². The number of rotatable bonds is 3. The van der Waals surface area contributed by atoms with Crippen molar-refractivity contribution in [2.45, 2.75) is 63.6 Å². The molecule has 30 heavy (non-hydrogen) atoms. The van der Waals surface area contributed by atoms with Gasteiger partial charge in [-0.05, 0) is 76.8 Å². The highest BCUT2D eigenvalue weighted by atomic mass is 35.5. The Kier molecular flexibility index (Phi) is 5.25. The fourth-order valence-corrected chi connectivity index (χ4v) is 5.85. The van der Waals surface area contributed by atoms with Crippen molar-refractivity contribution in [3.63, 3.8) is 0 Å². The smallest absolute Gasteiger partial charge is 0.399 e. The zero-order chi connectivity index (χ0) is 21.9. The number of sulfonamides is 1. The number of hydrogen-bond acceptors (Lipinski definition) is 4. The van der Waals surface area contributed by atoms with E-state index in [0.717, 1.165) is 29.7 Å². The molecule has 2 heterocycles. The quantitative estimate of drug-likeness (QED) is 0.665. The molecule has 0 aliphatic carbocycles. The maximum atomic E-state index is 13.6. The van der Waals surface area contributed by atoms with Crippen LogP contribution >= 0.6 is 11.6 Å². The Bertz CT molecular complexity index is 1080. The molecule has 0 N–H and O–H groups in total. The zero-order valence-corrected chi connectivity index (χ0v) is 19.6. The van der Waals surface area contributed by atoms with E-state index in [1.165, 1.54) is 4.31 Å². The van der Waals surface area contributed by atoms with E-state index in [2.05, 4.69) is 0 Å². The fraction of sp³-hybridized carbons (Fsp3) is 0.455. The molecule has 2 aliphatic rings. The van der Waals surface area contributed by atoms with Gasteiger partial charge in [-0.25, -0.2) is 8.42 Å². The zero-order valence-electron chi connectivity index (χ0n) is 18.0. The summed E-state index contributed by atoms with van der Waals surface area (Å²) in [4.78, 5) is 0.188. The molecular weight excluding hydrogens is 421 g/mol. The Labute approximate surface area is 184 Å². The van der Waals surface area contributed by atoms with Gasteiger partial charge in [-0.2, -0.15) is 0 Å². The summed E-state index contributed by atoms with van der Waals surface area (Å²) >= 11 is 6.44. The maximum absolute atomic E-state index is 13.6. The van der Waals surface area contributed by atoms with Crippen molar-refractivity contribution in [3.8, 4) is 0 Å². The van der Waals surface area contributed by atoms with Crippen LogP contribution in [0.1, 0.15) is 45.2 Å². The minimum Gasteiger partial charge on any atom is -0.399 e. The molecule has 4 rings (SSSR count). The lowest BCUT2D eigenvalue weighted by Crippen LogP contribution is -2.41. The van der Waals surface area contributed by atoms with Gasteiger partial charge in [-0.3, -0.25) is 4.31 Å². The van der Waals surface area contributed by atoms with Crippen molar-refractivity contribution in [1.82, 2.24) is 0 Å². The second kappa shape index (κ2) is 7.26. The molecule has 0 spiro atoms. The van der Waals surface area contributed by atoms with E-state index in [0.29, 0.717) is 17.0 Å². The van der Waals surface area contributed by atoms with E-state index < -0.39 is 28.3 Å². The summed E-state index contributed by atoms with van der Waals surface area (Å²) in [7, 11) is -4.49. The molecule has 0 radical (unpaired) electrons. The predicted octanol–water partition coefficient (Wildman–Crippen LogP) is 4.09. The largest absolute Gasteiger partial charge is 0.496 e. The van der Waals surface area contributed by atoms with Crippen molar-refractivity contribution < 1.29 is 17.7 Å². The van der Waals surface area contributed by atoms with Crippen LogP contribution in [0.15, 0.2) is 41.3 Å². The van der Waals surface area contributed by atoms with Crippen LogP contribution in [0.25, 0.3) is 0 Å². The molecule has 160 valence electrons. The van der Waals surface area contributed by atoms with E-state index in [-0.39, 0.29) is 4.90 Å². The van der Waals surface area contributed by atoms with Crippen LogP contribution < -0.4 is 9.77 Å². The van der Waals surface area contributed by atoms with E-state index in [1.807, 2.05) is 52.8 Å². The lowest BCUT2D eigenvalue weighted by molar-refractivity contribution is 0.00578. The highest BCUT2D eigenvalue weighted by molar-refractivity contribution is 7.92. The Balaban J connectivity index is 1.76. The van der Waals surface area contributed by atoms with Gasteiger partial charge in [0.2, 0.25) is 0 Å². The van der Waals surface area contributed by atoms with Crippen LogP contribution in [0.4, 0.5) is 5.69 Å². The molecule has 0 bridgehead atoms. The van der Waals surface area contributed by atoms with Gasteiger partial charge in [-0.1, -0.05) is 29.8 Å². The molecule has 1 saturated heterocycles. The summed E-state index contributed by atoms with van der Waals surface area (Å²) in [6.07, 6.45) is 1.66. The molecule has 2 aromatic carbocycles. The van der Waals surface area contributed by atoms with Crippen LogP contribution in [0.2, 0.25) is 5.02 Å². The van der Waals surface area contributed by atoms with Crippen molar-refractivity contribution in [2.24, 2.45) is 0 Å². The van der Waals surface area contributed by atoms with Crippen LogP contribution in [0, 0.1) is 6.92 Å². The van der Waals surface area contributed by atoms with E-state index in [1.54, 1.807) is 18.2 Å². The van der Waals surface area contributed by atoms with Gasteiger partial charge >= 0.3 is 7.12 Å². The third-order valence-corrected chi connectivity index (χ3v) is 8.58. The highest BCUT2D eigenvalue weighted by Crippen LogP contribution is 2.38. The fourth-order valence-electron chi connectivity index (χ4n) is 4.00. The molecule has 8 heteroatoms. The normalized spacial score (nSPS) is 20.3. The predicted molar refractivity (Wildman–Crippen MR) is 121 cm³/mol. The number of halogens is 1. The van der Waals surface area contributed by atoms with Crippen LogP contribution in [0.3, 0.4) is 0 Å².